The van der Waals surface area contributed by atoms with E-state index < -0.39 is 18.1 Å². The Kier molecular flexibility index (Phi) is 41.7. The van der Waals surface area contributed by atoms with Gasteiger partial charge in [-0.1, -0.05) is 0 Å². The maximum atomic E-state index is 10.9. The third-order valence-corrected chi connectivity index (χ3v) is 0.537. The van der Waals surface area contributed by atoms with Crippen LogP contribution >= 0.6 is 0 Å². The van der Waals surface area contributed by atoms with Gasteiger partial charge in [0.2, 0.25) is 0 Å². The number of alkyl halides is 6. The fourth-order valence-corrected chi connectivity index (χ4v) is 0.161. The molecule has 0 saturated heterocycles. The Bertz CT molecular complexity index is 250. The summed E-state index contributed by atoms with van der Waals surface area (Å²) in [7, 11) is 0. The zero-order valence-electron chi connectivity index (χ0n) is 8.20. The Hall–Kier alpha value is -1.27. The van der Waals surface area contributed by atoms with Gasteiger partial charge in [-0.15, -0.1) is 0 Å². The molecule has 0 aromatic carbocycles. The van der Waals surface area contributed by atoms with E-state index in [9.17, 15) is 26.3 Å². The number of rotatable bonds is 0. The van der Waals surface area contributed by atoms with Crippen LogP contribution in [0.5, 0.6) is 0 Å². The molecule has 0 spiro atoms. The molecule has 0 radical (unpaired) electrons. The molecular formula is C7F6FeNO4-. The molecule has 0 aliphatic rings. The van der Waals surface area contributed by atoms with Gasteiger partial charge in [0, 0.05) is 22.8 Å². The maximum Gasteiger partial charge on any atom is 0.399 e. The molecule has 0 aromatic rings. The van der Waals surface area contributed by atoms with E-state index in [1.165, 1.54) is 0 Å². The normalized spacial score (nSPS) is 7.47. The van der Waals surface area contributed by atoms with Crippen molar-refractivity contribution in [2.45, 2.75) is 12.4 Å². The molecule has 0 aromatic heterocycles. The van der Waals surface area contributed by atoms with Gasteiger partial charge in [0.25, 0.3) is 0 Å². The minimum atomic E-state index is -5.71. The molecule has 0 heterocycles. The van der Waals surface area contributed by atoms with Crippen LogP contribution in [0.4, 0.5) is 26.3 Å². The molecule has 0 amide bonds. The van der Waals surface area contributed by atoms with Crippen LogP contribution in [0.15, 0.2) is 0 Å². The summed E-state index contributed by atoms with van der Waals surface area (Å²) >= 11 is 0. The van der Waals surface area contributed by atoms with Gasteiger partial charge in [-0.05, 0) is 0 Å². The van der Waals surface area contributed by atoms with Crippen LogP contribution in [0.1, 0.15) is 0 Å². The first kappa shape index (κ1) is 36.1. The zero-order valence-corrected chi connectivity index (χ0v) is 9.31. The van der Waals surface area contributed by atoms with Gasteiger partial charge >= 0.3 is 57.6 Å². The molecule has 0 bridgehead atoms. The van der Waals surface area contributed by atoms with Gasteiger partial charge in [-0.3, -0.25) is 0 Å². The molecule has 0 rings (SSSR count). The molecule has 0 aliphatic heterocycles. The van der Waals surface area contributed by atoms with Crippen molar-refractivity contribution >= 4 is 5.71 Å². The predicted octanol–water partition coefficient (Wildman–Crippen LogP) is 1.97. The Morgan fingerprint density at radius 2 is 0.737 bits per heavy atom. The van der Waals surface area contributed by atoms with E-state index in [0.717, 1.165) is 0 Å². The van der Waals surface area contributed by atoms with Crippen molar-refractivity contribution in [2.24, 2.45) is 0 Å². The van der Waals surface area contributed by atoms with Gasteiger partial charge < -0.3 is 5.41 Å². The first-order valence-electron chi connectivity index (χ1n) is 2.67. The van der Waals surface area contributed by atoms with E-state index in [2.05, 4.69) is 26.6 Å². The molecule has 0 aliphatic carbocycles. The fourth-order valence-electron chi connectivity index (χ4n) is 0.161. The van der Waals surface area contributed by atoms with E-state index in [4.69, 9.17) is 24.0 Å². The molecule has 5 nitrogen and oxygen atoms in total. The van der Waals surface area contributed by atoms with Gasteiger partial charge in [-0.25, -0.2) is 0 Å². The maximum absolute atomic E-state index is 10.9. The second kappa shape index (κ2) is 22.0. The summed E-state index contributed by atoms with van der Waals surface area (Å²) in [6.45, 7) is 18.0. The molecule has 12 heteroatoms. The average molecular weight is 332 g/mol. The molecule has 0 saturated carbocycles. The first-order valence-corrected chi connectivity index (χ1v) is 2.67. The summed E-state index contributed by atoms with van der Waals surface area (Å²) in [5.41, 5.74) is -3.43. The SMILES string of the molecule is [C-]#[O+].[C-]#[O+].[C-]#[O+].[C-]#[O+].[Fe].[N-]=C(C(F)(F)F)C(F)(F)F. The molecule has 0 atom stereocenters. The van der Waals surface area contributed by atoms with Gasteiger partial charge in [0.1, 0.15) is 0 Å². The third kappa shape index (κ3) is 31.5. The van der Waals surface area contributed by atoms with Crippen molar-refractivity contribution in [1.82, 2.24) is 0 Å². The largest absolute Gasteiger partial charge is 0.796 e. The second-order valence-corrected chi connectivity index (χ2v) is 1.34. The van der Waals surface area contributed by atoms with Crippen LogP contribution in [-0.2, 0) is 35.7 Å². The molecule has 108 valence electrons. The van der Waals surface area contributed by atoms with E-state index >= 15 is 0 Å². The molecule has 0 N–H and O–H groups in total. The monoisotopic (exact) mass is 332 g/mol. The number of hydrogen-bond acceptors (Lipinski definition) is 0. The Balaban J connectivity index is -0.0000000401. The summed E-state index contributed by atoms with van der Waals surface area (Å²) in [4.78, 5) is 0. The molecular weight excluding hydrogens is 332 g/mol. The predicted molar refractivity (Wildman–Crippen MR) is 36.2 cm³/mol. The van der Waals surface area contributed by atoms with Crippen molar-refractivity contribution in [1.29, 1.82) is 0 Å². The topological polar surface area (TPSA) is 102 Å². The third-order valence-electron chi connectivity index (χ3n) is 0.537. The smallest absolute Gasteiger partial charge is 0.399 e. The standard InChI is InChI=1S/C3F6N.4CO.Fe/c4-2(5,6)1(10)3(7,8)9;4*1-2;/q-1;;;;;. The molecule has 0 unspecified atom stereocenters. The Morgan fingerprint density at radius 3 is 0.737 bits per heavy atom. The van der Waals surface area contributed by atoms with Crippen molar-refractivity contribution < 1.29 is 62.0 Å². The number of nitrogens with zero attached hydrogens (tertiary/aromatic N) is 1. The summed E-state index contributed by atoms with van der Waals surface area (Å²) in [5.74, 6) is 0. The summed E-state index contributed by atoms with van der Waals surface area (Å²) < 4.78 is 95.6. The van der Waals surface area contributed by atoms with Crippen LogP contribution in [0.25, 0.3) is 5.41 Å². The minimum Gasteiger partial charge on any atom is -0.796 e. The van der Waals surface area contributed by atoms with Crippen LogP contribution in [0.2, 0.25) is 0 Å². The number of halogens is 6. The van der Waals surface area contributed by atoms with Crippen LogP contribution < -0.4 is 0 Å². The fraction of sp³-hybridized carbons (Fsp3) is 0.286. The Morgan fingerprint density at radius 1 is 0.632 bits per heavy atom. The van der Waals surface area contributed by atoms with E-state index in [-0.39, 0.29) is 17.1 Å². The summed E-state index contributed by atoms with van der Waals surface area (Å²) in [5, 5.41) is 7.39. The number of hydrogen-bond donors (Lipinski definition) is 0. The average Bonchev–Trinajstić information content (AvgIpc) is 2.36. The van der Waals surface area contributed by atoms with Crippen LogP contribution in [0.3, 0.4) is 0 Å². The van der Waals surface area contributed by atoms with E-state index in [1.54, 1.807) is 0 Å². The van der Waals surface area contributed by atoms with Crippen LogP contribution in [0, 0.1) is 26.6 Å². The van der Waals surface area contributed by atoms with E-state index in [0.29, 0.717) is 0 Å². The van der Waals surface area contributed by atoms with E-state index in [1.807, 2.05) is 0 Å². The first-order chi connectivity index (χ1) is 8.15. The quantitative estimate of drug-likeness (QED) is 0.213. The van der Waals surface area contributed by atoms with Crippen molar-refractivity contribution in [2.75, 3.05) is 0 Å². The minimum absolute atomic E-state index is 0. The molecule has 0 fully saturated rings. The van der Waals surface area contributed by atoms with Gasteiger partial charge in [0.15, 0.2) is 0 Å². The zero-order chi connectivity index (χ0) is 16.6. The van der Waals surface area contributed by atoms with Gasteiger partial charge in [0.05, 0.1) is 0 Å². The van der Waals surface area contributed by atoms with Crippen LogP contribution in [-0.4, -0.2) is 18.1 Å². The molecule has 19 heavy (non-hydrogen) atoms. The van der Waals surface area contributed by atoms with Crippen molar-refractivity contribution in [3.63, 3.8) is 0 Å². The summed E-state index contributed by atoms with van der Waals surface area (Å²) in [6, 6.07) is 0. The van der Waals surface area contributed by atoms with Gasteiger partial charge in [-0.2, -0.15) is 26.3 Å². The van der Waals surface area contributed by atoms with Crippen molar-refractivity contribution in [3.8, 4) is 0 Å². The second-order valence-electron chi connectivity index (χ2n) is 1.34. The Labute approximate surface area is 113 Å². The summed E-state index contributed by atoms with van der Waals surface area (Å²) in [6.07, 6.45) is -11.4. The van der Waals surface area contributed by atoms with Crippen molar-refractivity contribution in [3.05, 3.63) is 32.0 Å².